The number of unbranched alkanes of at least 4 members (excludes halogenated alkanes) is 1. The summed E-state index contributed by atoms with van der Waals surface area (Å²) in [5.41, 5.74) is 8.48. The third-order valence-electron chi connectivity index (χ3n) is 3.20. The van der Waals surface area contributed by atoms with E-state index in [4.69, 9.17) is 5.73 Å². The maximum Gasteiger partial charge on any atom is 0.126 e. The van der Waals surface area contributed by atoms with Gasteiger partial charge in [-0.05, 0) is 25.5 Å². The first kappa shape index (κ1) is 12.1. The highest BCUT2D eigenvalue weighted by Gasteiger charge is 2.15. The monoisotopic (exact) mass is 231 g/mol. The highest BCUT2D eigenvalue weighted by molar-refractivity contribution is 5.76. The predicted octanol–water partition coefficient (Wildman–Crippen LogP) is 3.25. The number of fused-ring (bicyclic) bond motifs is 1. The summed E-state index contributed by atoms with van der Waals surface area (Å²) in [5.74, 6) is 1.03. The number of nitrogens with zero attached hydrogens (tertiary/aromatic N) is 2. The zero-order valence-electron chi connectivity index (χ0n) is 10.7. The van der Waals surface area contributed by atoms with Crippen molar-refractivity contribution in [1.29, 1.82) is 0 Å². The van der Waals surface area contributed by atoms with E-state index in [1.54, 1.807) is 0 Å². The van der Waals surface area contributed by atoms with Crippen molar-refractivity contribution in [2.24, 2.45) is 5.73 Å². The molecule has 2 N–H and O–H groups in total. The summed E-state index contributed by atoms with van der Waals surface area (Å²) in [6.45, 7) is 5.26. The number of imidazole rings is 1. The van der Waals surface area contributed by atoms with Crippen LogP contribution < -0.4 is 5.73 Å². The second kappa shape index (κ2) is 5.32. The average Bonchev–Trinajstić information content (AvgIpc) is 2.74. The summed E-state index contributed by atoms with van der Waals surface area (Å²) in [5, 5.41) is 0. The summed E-state index contributed by atoms with van der Waals surface area (Å²) in [6, 6.07) is 8.30. The highest BCUT2D eigenvalue weighted by atomic mass is 15.1. The molecule has 0 saturated heterocycles. The molecule has 1 aromatic carbocycles. The Morgan fingerprint density at radius 1 is 1.29 bits per heavy atom. The van der Waals surface area contributed by atoms with Gasteiger partial charge in [0.15, 0.2) is 0 Å². The van der Waals surface area contributed by atoms with Crippen LogP contribution in [0.5, 0.6) is 0 Å². The molecule has 0 unspecified atom stereocenters. The van der Waals surface area contributed by atoms with E-state index in [0.29, 0.717) is 0 Å². The number of para-hydroxylation sites is 2. The fourth-order valence-corrected chi connectivity index (χ4v) is 2.26. The molecular weight excluding hydrogens is 210 g/mol. The maximum atomic E-state index is 6.24. The third kappa shape index (κ3) is 2.34. The second-order valence-corrected chi connectivity index (χ2v) is 4.45. The van der Waals surface area contributed by atoms with E-state index in [1.807, 2.05) is 6.07 Å². The zero-order valence-corrected chi connectivity index (χ0v) is 10.7. The van der Waals surface area contributed by atoms with Crippen LogP contribution in [0.1, 0.15) is 45.0 Å². The molecule has 0 amide bonds. The Kier molecular flexibility index (Phi) is 3.79. The summed E-state index contributed by atoms with van der Waals surface area (Å²) >= 11 is 0. The number of hydrogen-bond donors (Lipinski definition) is 1. The van der Waals surface area contributed by atoms with Gasteiger partial charge in [0, 0.05) is 6.54 Å². The fourth-order valence-electron chi connectivity index (χ4n) is 2.26. The summed E-state index contributed by atoms with van der Waals surface area (Å²) in [7, 11) is 0. The van der Waals surface area contributed by atoms with Gasteiger partial charge in [0.2, 0.25) is 0 Å². The SMILES string of the molecule is CCCC[C@H](N)c1nc2ccccc2n1CC. The van der Waals surface area contributed by atoms with Gasteiger partial charge in [-0.1, -0.05) is 31.9 Å². The Morgan fingerprint density at radius 2 is 2.06 bits per heavy atom. The van der Waals surface area contributed by atoms with Crippen molar-refractivity contribution in [3.63, 3.8) is 0 Å². The van der Waals surface area contributed by atoms with Crippen LogP contribution in [0.2, 0.25) is 0 Å². The van der Waals surface area contributed by atoms with Crippen LogP contribution in [0.3, 0.4) is 0 Å². The molecule has 0 aliphatic rings. The predicted molar refractivity (Wildman–Crippen MR) is 71.9 cm³/mol. The zero-order chi connectivity index (χ0) is 12.3. The Bertz CT molecular complexity index is 487. The molecule has 0 aliphatic carbocycles. The van der Waals surface area contributed by atoms with E-state index in [2.05, 4.69) is 41.6 Å². The smallest absolute Gasteiger partial charge is 0.126 e. The Balaban J connectivity index is 2.38. The molecule has 0 radical (unpaired) electrons. The van der Waals surface area contributed by atoms with Crippen molar-refractivity contribution < 1.29 is 0 Å². The molecule has 0 fully saturated rings. The molecule has 92 valence electrons. The van der Waals surface area contributed by atoms with Crippen molar-refractivity contribution >= 4 is 11.0 Å². The lowest BCUT2D eigenvalue weighted by molar-refractivity contribution is 0.547. The van der Waals surface area contributed by atoms with Gasteiger partial charge in [-0.3, -0.25) is 0 Å². The lowest BCUT2D eigenvalue weighted by atomic mass is 10.1. The molecule has 3 nitrogen and oxygen atoms in total. The van der Waals surface area contributed by atoms with Crippen LogP contribution >= 0.6 is 0 Å². The van der Waals surface area contributed by atoms with Gasteiger partial charge in [0.1, 0.15) is 5.82 Å². The minimum Gasteiger partial charge on any atom is -0.327 e. The fraction of sp³-hybridized carbons (Fsp3) is 0.500. The lowest BCUT2D eigenvalue weighted by Gasteiger charge is -2.12. The molecule has 3 heteroatoms. The second-order valence-electron chi connectivity index (χ2n) is 4.45. The quantitative estimate of drug-likeness (QED) is 0.858. The molecule has 2 rings (SSSR count). The van der Waals surface area contributed by atoms with E-state index in [-0.39, 0.29) is 6.04 Å². The molecule has 0 spiro atoms. The van der Waals surface area contributed by atoms with E-state index in [1.165, 1.54) is 11.9 Å². The van der Waals surface area contributed by atoms with Crippen molar-refractivity contribution in [2.75, 3.05) is 0 Å². The van der Waals surface area contributed by atoms with Gasteiger partial charge >= 0.3 is 0 Å². The van der Waals surface area contributed by atoms with Gasteiger partial charge in [-0.2, -0.15) is 0 Å². The first-order valence-electron chi connectivity index (χ1n) is 6.48. The largest absolute Gasteiger partial charge is 0.327 e. The van der Waals surface area contributed by atoms with Gasteiger partial charge in [-0.15, -0.1) is 0 Å². The molecule has 0 saturated carbocycles. The van der Waals surface area contributed by atoms with E-state index >= 15 is 0 Å². The number of hydrogen-bond acceptors (Lipinski definition) is 2. The molecule has 2 aromatic rings. The van der Waals surface area contributed by atoms with Crippen LogP contribution in [0, 0.1) is 0 Å². The normalized spacial score (nSPS) is 13.1. The third-order valence-corrected chi connectivity index (χ3v) is 3.20. The van der Waals surface area contributed by atoms with Crippen molar-refractivity contribution in [1.82, 2.24) is 9.55 Å². The molecule has 17 heavy (non-hydrogen) atoms. The lowest BCUT2D eigenvalue weighted by Crippen LogP contribution is -2.16. The number of rotatable bonds is 5. The van der Waals surface area contributed by atoms with Gasteiger partial charge < -0.3 is 10.3 Å². The van der Waals surface area contributed by atoms with Gasteiger partial charge in [0.25, 0.3) is 0 Å². The van der Waals surface area contributed by atoms with Crippen LogP contribution in [0.15, 0.2) is 24.3 Å². The average molecular weight is 231 g/mol. The van der Waals surface area contributed by atoms with Gasteiger partial charge in [0.05, 0.1) is 17.1 Å². The summed E-state index contributed by atoms with van der Waals surface area (Å²) in [4.78, 5) is 4.67. The molecule has 1 heterocycles. The van der Waals surface area contributed by atoms with E-state index < -0.39 is 0 Å². The molecular formula is C14H21N3. The summed E-state index contributed by atoms with van der Waals surface area (Å²) < 4.78 is 2.23. The molecule has 1 atom stereocenters. The number of aryl methyl sites for hydroxylation is 1. The molecule has 0 bridgehead atoms. The van der Waals surface area contributed by atoms with Crippen LogP contribution in [-0.4, -0.2) is 9.55 Å². The standard InChI is InChI=1S/C14H21N3/c1-3-5-8-11(15)14-16-12-9-6-7-10-13(12)17(14)4-2/h6-7,9-11H,3-5,8,15H2,1-2H3/t11-/m0/s1. The minimum absolute atomic E-state index is 0.0577. The minimum atomic E-state index is 0.0577. The first-order chi connectivity index (χ1) is 8.27. The Morgan fingerprint density at radius 3 is 2.76 bits per heavy atom. The number of aromatic nitrogens is 2. The van der Waals surface area contributed by atoms with Crippen molar-refractivity contribution in [2.45, 2.75) is 45.7 Å². The van der Waals surface area contributed by atoms with Crippen molar-refractivity contribution in [3.8, 4) is 0 Å². The molecule has 0 aliphatic heterocycles. The highest BCUT2D eigenvalue weighted by Crippen LogP contribution is 2.22. The van der Waals surface area contributed by atoms with E-state index in [0.717, 1.165) is 30.7 Å². The van der Waals surface area contributed by atoms with Crippen LogP contribution in [-0.2, 0) is 6.54 Å². The number of benzene rings is 1. The molecule has 1 aromatic heterocycles. The van der Waals surface area contributed by atoms with Gasteiger partial charge in [-0.25, -0.2) is 4.98 Å². The van der Waals surface area contributed by atoms with E-state index in [9.17, 15) is 0 Å². The van der Waals surface area contributed by atoms with Crippen LogP contribution in [0.4, 0.5) is 0 Å². The Hall–Kier alpha value is -1.35. The van der Waals surface area contributed by atoms with Crippen LogP contribution in [0.25, 0.3) is 11.0 Å². The topological polar surface area (TPSA) is 43.8 Å². The number of nitrogens with two attached hydrogens (primary N) is 1. The Labute approximate surface area is 103 Å². The van der Waals surface area contributed by atoms with Crippen molar-refractivity contribution in [3.05, 3.63) is 30.1 Å². The first-order valence-corrected chi connectivity index (χ1v) is 6.48. The maximum absolute atomic E-state index is 6.24. The summed E-state index contributed by atoms with van der Waals surface area (Å²) in [6.07, 6.45) is 3.36.